The molecule has 0 saturated heterocycles. The summed E-state index contributed by atoms with van der Waals surface area (Å²) in [6.45, 7) is 4.19. The van der Waals surface area contributed by atoms with Crippen molar-refractivity contribution < 1.29 is 18.5 Å². The van der Waals surface area contributed by atoms with Crippen LogP contribution in [0.2, 0.25) is 0 Å². The number of benzene rings is 3. The quantitative estimate of drug-likeness (QED) is 0.623. The van der Waals surface area contributed by atoms with Gasteiger partial charge in [-0.25, -0.2) is 4.57 Å². The molecular formula is C20H21O4P. The van der Waals surface area contributed by atoms with Crippen LogP contribution in [0.25, 0.3) is 0 Å². The number of rotatable bonds is 4. The molecule has 0 amide bonds. The lowest BCUT2D eigenvalue weighted by Gasteiger charge is -2.13. The minimum absolute atomic E-state index is 0.286. The maximum atomic E-state index is 11.7. The molecule has 5 heteroatoms. The summed E-state index contributed by atoms with van der Waals surface area (Å²) < 4.78 is 21.5. The van der Waals surface area contributed by atoms with Crippen molar-refractivity contribution in [3.63, 3.8) is 0 Å². The zero-order valence-corrected chi connectivity index (χ0v) is 15.1. The van der Waals surface area contributed by atoms with Crippen molar-refractivity contribution >= 4 is 7.82 Å². The van der Waals surface area contributed by atoms with Crippen LogP contribution in [0.4, 0.5) is 0 Å². The molecule has 0 spiro atoms. The molecule has 3 aromatic rings. The van der Waals surface area contributed by atoms with Gasteiger partial charge in [0.15, 0.2) is 0 Å². The third-order valence-electron chi connectivity index (χ3n) is 3.15. The van der Waals surface area contributed by atoms with Gasteiger partial charge in [0.2, 0.25) is 0 Å². The van der Waals surface area contributed by atoms with Crippen molar-refractivity contribution in [1.82, 2.24) is 0 Å². The maximum absolute atomic E-state index is 11.7. The van der Waals surface area contributed by atoms with Gasteiger partial charge in [-0.05, 0) is 38.1 Å². The second-order valence-corrected chi connectivity index (χ2v) is 6.73. The topological polar surface area (TPSA) is 55.8 Å². The monoisotopic (exact) mass is 356 g/mol. The summed E-state index contributed by atoms with van der Waals surface area (Å²) in [4.78, 5) is 9.53. The smallest absolute Gasteiger partial charge is 0.395 e. The van der Waals surface area contributed by atoms with Crippen LogP contribution >= 0.6 is 7.82 Å². The molecule has 0 atom stereocenters. The van der Waals surface area contributed by atoms with E-state index in [1.165, 1.54) is 11.1 Å². The van der Waals surface area contributed by atoms with Gasteiger partial charge in [0, 0.05) is 0 Å². The van der Waals surface area contributed by atoms with E-state index in [1.807, 2.05) is 0 Å². The Balaban J connectivity index is 0.000000236. The van der Waals surface area contributed by atoms with Gasteiger partial charge < -0.3 is 9.05 Å². The number of aryl methyl sites for hydroxylation is 2. The van der Waals surface area contributed by atoms with E-state index in [2.05, 4.69) is 38.1 Å². The Bertz CT molecular complexity index is 736. The van der Waals surface area contributed by atoms with Crippen LogP contribution in [0.3, 0.4) is 0 Å². The minimum Gasteiger partial charge on any atom is -0.395 e. The third-order valence-corrected chi connectivity index (χ3v) is 4.03. The number of para-hydroxylation sites is 2. The van der Waals surface area contributed by atoms with Crippen molar-refractivity contribution in [2.45, 2.75) is 13.8 Å². The van der Waals surface area contributed by atoms with Gasteiger partial charge in [0.05, 0.1) is 0 Å². The lowest BCUT2D eigenvalue weighted by molar-refractivity contribution is 0.291. The van der Waals surface area contributed by atoms with Gasteiger partial charge in [-0.15, -0.1) is 0 Å². The number of hydrogen-bond acceptors (Lipinski definition) is 3. The van der Waals surface area contributed by atoms with Gasteiger partial charge >= 0.3 is 7.82 Å². The summed E-state index contributed by atoms with van der Waals surface area (Å²) >= 11 is 0. The van der Waals surface area contributed by atoms with E-state index in [0.717, 1.165) is 0 Å². The Hall–Kier alpha value is -2.55. The second-order valence-electron chi connectivity index (χ2n) is 5.43. The van der Waals surface area contributed by atoms with E-state index in [4.69, 9.17) is 9.05 Å². The van der Waals surface area contributed by atoms with Crippen LogP contribution in [0, 0.1) is 13.8 Å². The highest BCUT2D eigenvalue weighted by molar-refractivity contribution is 7.48. The fourth-order valence-corrected chi connectivity index (χ4v) is 2.70. The first-order valence-corrected chi connectivity index (χ1v) is 9.29. The molecule has 0 radical (unpaired) electrons. The highest BCUT2D eigenvalue weighted by Gasteiger charge is 2.24. The summed E-state index contributed by atoms with van der Waals surface area (Å²) in [6.07, 6.45) is 0. The van der Waals surface area contributed by atoms with Gasteiger partial charge in [-0.3, -0.25) is 4.89 Å². The van der Waals surface area contributed by atoms with E-state index in [9.17, 15) is 9.46 Å². The van der Waals surface area contributed by atoms with Crippen molar-refractivity contribution in [3.05, 3.63) is 96.1 Å². The molecule has 0 aliphatic rings. The molecule has 0 unspecified atom stereocenters. The molecule has 4 nitrogen and oxygen atoms in total. The summed E-state index contributed by atoms with van der Waals surface area (Å²) in [5.41, 5.74) is 2.66. The fourth-order valence-electron chi connectivity index (χ4n) is 1.88. The Morgan fingerprint density at radius 2 is 0.960 bits per heavy atom. The van der Waals surface area contributed by atoms with Crippen LogP contribution in [0.5, 0.6) is 11.5 Å². The van der Waals surface area contributed by atoms with Crippen LogP contribution in [0.15, 0.2) is 84.9 Å². The first kappa shape index (κ1) is 18.8. The Kier molecular flexibility index (Phi) is 6.81. The van der Waals surface area contributed by atoms with E-state index in [1.54, 1.807) is 60.7 Å². The second kappa shape index (κ2) is 9.07. The van der Waals surface area contributed by atoms with Crippen molar-refractivity contribution in [2.24, 2.45) is 0 Å². The third kappa shape index (κ3) is 7.25. The summed E-state index contributed by atoms with van der Waals surface area (Å²) in [5.74, 6) is 0.573. The largest absolute Gasteiger partial charge is 0.584 e. The molecular weight excluding hydrogens is 335 g/mol. The maximum Gasteiger partial charge on any atom is 0.584 e. The van der Waals surface area contributed by atoms with Crippen molar-refractivity contribution in [1.29, 1.82) is 0 Å². The summed E-state index contributed by atoms with van der Waals surface area (Å²) in [5, 5.41) is 0. The Morgan fingerprint density at radius 3 is 1.28 bits per heavy atom. The SMILES string of the molecule is Cc1ccc(C)cc1.O=P(O)(Oc1ccccc1)Oc1ccccc1. The number of phosphoric acid groups is 1. The van der Waals surface area contributed by atoms with Gasteiger partial charge in [-0.1, -0.05) is 71.8 Å². The van der Waals surface area contributed by atoms with E-state index < -0.39 is 7.82 Å². The highest BCUT2D eigenvalue weighted by atomic mass is 31.2. The van der Waals surface area contributed by atoms with Crippen molar-refractivity contribution in [3.8, 4) is 11.5 Å². The fraction of sp³-hybridized carbons (Fsp3) is 0.100. The predicted molar refractivity (Wildman–Crippen MR) is 99.9 cm³/mol. The van der Waals surface area contributed by atoms with Crippen LogP contribution in [-0.4, -0.2) is 4.89 Å². The van der Waals surface area contributed by atoms with Crippen LogP contribution < -0.4 is 9.05 Å². The molecule has 0 aromatic heterocycles. The minimum atomic E-state index is -4.14. The standard InChI is InChI=1S/C12H11O4P.C8H10/c13-17(14,15-11-7-3-1-4-8-11)16-12-9-5-2-6-10-12;1-7-3-5-8(2)6-4-7/h1-10H,(H,13,14);3-6H,1-2H3. The lowest BCUT2D eigenvalue weighted by atomic mass is 10.2. The lowest BCUT2D eigenvalue weighted by Crippen LogP contribution is -1.99. The molecule has 0 aliphatic heterocycles. The average molecular weight is 356 g/mol. The summed E-state index contributed by atoms with van der Waals surface area (Å²) in [6, 6.07) is 25.2. The van der Waals surface area contributed by atoms with Crippen molar-refractivity contribution in [2.75, 3.05) is 0 Å². The zero-order valence-electron chi connectivity index (χ0n) is 14.2. The van der Waals surface area contributed by atoms with Gasteiger partial charge in [-0.2, -0.15) is 0 Å². The Morgan fingerprint density at radius 1 is 0.640 bits per heavy atom. The number of hydrogen-bond donors (Lipinski definition) is 1. The number of phosphoric ester groups is 1. The van der Waals surface area contributed by atoms with Gasteiger partial charge in [0.1, 0.15) is 11.5 Å². The van der Waals surface area contributed by atoms with Crippen LogP contribution in [0.1, 0.15) is 11.1 Å². The molecule has 3 aromatic carbocycles. The molecule has 3 rings (SSSR count). The molecule has 1 N–H and O–H groups in total. The molecule has 0 saturated carbocycles. The normalized spacial score (nSPS) is 10.4. The zero-order chi connectivity index (χ0) is 18.1. The predicted octanol–water partition coefficient (Wildman–Crippen LogP) is 5.55. The Labute approximate surface area is 148 Å². The molecule has 25 heavy (non-hydrogen) atoms. The van der Waals surface area contributed by atoms with E-state index in [0.29, 0.717) is 0 Å². The molecule has 130 valence electrons. The molecule has 0 fully saturated rings. The molecule has 0 bridgehead atoms. The van der Waals surface area contributed by atoms with E-state index >= 15 is 0 Å². The van der Waals surface area contributed by atoms with Crippen LogP contribution in [-0.2, 0) is 4.57 Å². The average Bonchev–Trinajstić information content (AvgIpc) is 2.59. The first-order valence-electron chi connectivity index (χ1n) is 7.80. The molecule has 0 aliphatic carbocycles. The summed E-state index contributed by atoms with van der Waals surface area (Å²) in [7, 11) is -4.14. The molecule has 0 heterocycles. The van der Waals surface area contributed by atoms with Gasteiger partial charge in [0.25, 0.3) is 0 Å². The first-order chi connectivity index (χ1) is 11.9. The highest BCUT2D eigenvalue weighted by Crippen LogP contribution is 2.44. The van der Waals surface area contributed by atoms with E-state index in [-0.39, 0.29) is 11.5 Å².